The lowest BCUT2D eigenvalue weighted by atomic mass is 10.1. The molecular formula is C15H23N3O. The van der Waals surface area contributed by atoms with Gasteiger partial charge in [-0.2, -0.15) is 0 Å². The van der Waals surface area contributed by atoms with Crippen LogP contribution in [0.2, 0.25) is 0 Å². The molecule has 2 saturated heterocycles. The average molecular weight is 261 g/mol. The molecule has 0 saturated carbocycles. The van der Waals surface area contributed by atoms with Crippen molar-refractivity contribution in [3.05, 3.63) is 18.3 Å². The van der Waals surface area contributed by atoms with Gasteiger partial charge in [0.25, 0.3) is 0 Å². The highest BCUT2D eigenvalue weighted by Gasteiger charge is 2.37. The van der Waals surface area contributed by atoms with Crippen molar-refractivity contribution in [1.29, 1.82) is 0 Å². The number of nitrogens with zero attached hydrogens (tertiary/aromatic N) is 2. The maximum atomic E-state index is 5.77. The van der Waals surface area contributed by atoms with Crippen LogP contribution in [0, 0.1) is 0 Å². The number of aromatic nitrogens is 1. The van der Waals surface area contributed by atoms with Crippen LogP contribution in [0.4, 0.5) is 5.82 Å². The van der Waals surface area contributed by atoms with E-state index in [-0.39, 0.29) is 0 Å². The highest BCUT2D eigenvalue weighted by atomic mass is 16.5. The van der Waals surface area contributed by atoms with E-state index in [9.17, 15) is 0 Å². The van der Waals surface area contributed by atoms with Gasteiger partial charge in [-0.3, -0.25) is 4.90 Å². The Labute approximate surface area is 115 Å². The maximum absolute atomic E-state index is 5.77. The van der Waals surface area contributed by atoms with Gasteiger partial charge in [-0.1, -0.05) is 6.92 Å². The van der Waals surface area contributed by atoms with Gasteiger partial charge in [0, 0.05) is 24.8 Å². The molecule has 0 amide bonds. The van der Waals surface area contributed by atoms with Crippen LogP contribution in [0.1, 0.15) is 32.6 Å². The molecule has 3 rings (SSSR count). The van der Waals surface area contributed by atoms with Crippen LogP contribution in [-0.2, 0) is 0 Å². The molecular weight excluding hydrogens is 238 g/mol. The lowest BCUT2D eigenvalue weighted by Crippen LogP contribution is -2.34. The Hall–Kier alpha value is -1.29. The monoisotopic (exact) mass is 261 g/mol. The minimum Gasteiger partial charge on any atom is -0.490 e. The zero-order valence-corrected chi connectivity index (χ0v) is 11.6. The molecule has 3 heterocycles. The molecule has 1 N–H and O–H groups in total. The van der Waals surface area contributed by atoms with Crippen molar-refractivity contribution >= 4 is 5.82 Å². The summed E-state index contributed by atoms with van der Waals surface area (Å²) in [6.07, 6.45) is 6.73. The Balaban J connectivity index is 1.69. The van der Waals surface area contributed by atoms with Crippen molar-refractivity contribution in [1.82, 2.24) is 9.88 Å². The minimum absolute atomic E-state index is 0.529. The normalized spacial score (nSPS) is 26.4. The third kappa shape index (κ3) is 2.68. The Kier molecular flexibility index (Phi) is 3.87. The number of hydrogen-bond acceptors (Lipinski definition) is 4. The van der Waals surface area contributed by atoms with E-state index in [1.54, 1.807) is 0 Å². The summed E-state index contributed by atoms with van der Waals surface area (Å²) >= 11 is 0. The second kappa shape index (κ2) is 5.78. The topological polar surface area (TPSA) is 37.4 Å². The van der Waals surface area contributed by atoms with Crippen molar-refractivity contribution in [3.63, 3.8) is 0 Å². The second-order valence-corrected chi connectivity index (χ2v) is 5.48. The fourth-order valence-corrected chi connectivity index (χ4v) is 3.25. The number of anilines is 1. The molecule has 2 aliphatic heterocycles. The zero-order chi connectivity index (χ0) is 13.1. The number of rotatable bonds is 5. The quantitative estimate of drug-likeness (QED) is 0.884. The summed E-state index contributed by atoms with van der Waals surface area (Å²) in [6, 6.07) is 5.17. The molecule has 0 aliphatic carbocycles. The van der Waals surface area contributed by atoms with E-state index in [1.165, 1.54) is 32.4 Å². The molecule has 2 fully saturated rings. The highest BCUT2D eigenvalue weighted by molar-refractivity contribution is 5.50. The van der Waals surface area contributed by atoms with E-state index in [0.29, 0.717) is 12.1 Å². The third-order valence-corrected chi connectivity index (χ3v) is 4.16. The van der Waals surface area contributed by atoms with Gasteiger partial charge >= 0.3 is 0 Å². The summed E-state index contributed by atoms with van der Waals surface area (Å²) in [7, 11) is 0. The predicted molar refractivity (Wildman–Crippen MR) is 76.6 cm³/mol. The van der Waals surface area contributed by atoms with Crippen molar-refractivity contribution in [2.75, 3.05) is 25.0 Å². The summed E-state index contributed by atoms with van der Waals surface area (Å²) in [6.45, 7) is 5.36. The van der Waals surface area contributed by atoms with Gasteiger partial charge in [0.2, 0.25) is 0 Å². The molecule has 4 heteroatoms. The smallest absolute Gasteiger partial charge is 0.169 e. The fraction of sp³-hybridized carbons (Fsp3) is 0.667. The third-order valence-electron chi connectivity index (χ3n) is 4.16. The first-order valence-corrected chi connectivity index (χ1v) is 7.47. The van der Waals surface area contributed by atoms with E-state index < -0.39 is 0 Å². The van der Waals surface area contributed by atoms with Gasteiger partial charge in [0.15, 0.2) is 11.6 Å². The van der Waals surface area contributed by atoms with Gasteiger partial charge < -0.3 is 10.1 Å². The minimum atomic E-state index is 0.529. The SMILES string of the molecule is CCCOc1cccnc1NC1CCN2CCCC12. The predicted octanol–water partition coefficient (Wildman–Crippen LogP) is 2.52. The van der Waals surface area contributed by atoms with E-state index in [0.717, 1.165) is 24.6 Å². The van der Waals surface area contributed by atoms with Crippen LogP contribution in [0.3, 0.4) is 0 Å². The van der Waals surface area contributed by atoms with Crippen LogP contribution in [0.25, 0.3) is 0 Å². The van der Waals surface area contributed by atoms with Gasteiger partial charge in [-0.15, -0.1) is 0 Å². The van der Waals surface area contributed by atoms with Crippen molar-refractivity contribution in [2.45, 2.75) is 44.7 Å². The van der Waals surface area contributed by atoms with Gasteiger partial charge in [0.1, 0.15) is 0 Å². The Morgan fingerprint density at radius 3 is 3.26 bits per heavy atom. The summed E-state index contributed by atoms with van der Waals surface area (Å²) < 4.78 is 5.77. The first kappa shape index (κ1) is 12.7. The lowest BCUT2D eigenvalue weighted by molar-refractivity contribution is 0.312. The molecule has 104 valence electrons. The van der Waals surface area contributed by atoms with Crippen molar-refractivity contribution in [3.8, 4) is 5.75 Å². The van der Waals surface area contributed by atoms with Crippen molar-refractivity contribution in [2.24, 2.45) is 0 Å². The van der Waals surface area contributed by atoms with Gasteiger partial charge in [0.05, 0.1) is 6.61 Å². The lowest BCUT2D eigenvalue weighted by Gasteiger charge is -2.22. The first-order valence-electron chi connectivity index (χ1n) is 7.47. The molecule has 0 spiro atoms. The molecule has 1 aromatic rings. The molecule has 2 atom stereocenters. The molecule has 4 nitrogen and oxygen atoms in total. The second-order valence-electron chi connectivity index (χ2n) is 5.48. The van der Waals surface area contributed by atoms with Crippen LogP contribution in [0.5, 0.6) is 5.75 Å². The summed E-state index contributed by atoms with van der Waals surface area (Å²) in [5, 5.41) is 3.61. The van der Waals surface area contributed by atoms with E-state index in [2.05, 4.69) is 22.1 Å². The number of hydrogen-bond donors (Lipinski definition) is 1. The number of pyridine rings is 1. The summed E-state index contributed by atoms with van der Waals surface area (Å²) in [5.74, 6) is 1.80. The first-order chi connectivity index (χ1) is 9.38. The Morgan fingerprint density at radius 2 is 2.37 bits per heavy atom. The van der Waals surface area contributed by atoms with Crippen molar-refractivity contribution < 1.29 is 4.74 Å². The molecule has 0 bridgehead atoms. The van der Waals surface area contributed by atoms with Gasteiger partial charge in [-0.25, -0.2) is 4.98 Å². The highest BCUT2D eigenvalue weighted by Crippen LogP contribution is 2.31. The van der Waals surface area contributed by atoms with Crippen LogP contribution in [0.15, 0.2) is 18.3 Å². The summed E-state index contributed by atoms with van der Waals surface area (Å²) in [5.41, 5.74) is 0. The van der Waals surface area contributed by atoms with E-state index >= 15 is 0 Å². The zero-order valence-electron chi connectivity index (χ0n) is 11.6. The van der Waals surface area contributed by atoms with E-state index in [1.807, 2.05) is 18.3 Å². The summed E-state index contributed by atoms with van der Waals surface area (Å²) in [4.78, 5) is 7.06. The molecule has 2 unspecified atom stereocenters. The largest absolute Gasteiger partial charge is 0.490 e. The molecule has 0 radical (unpaired) electrons. The standard InChI is InChI=1S/C15H23N3O/c1-2-11-19-14-6-3-8-16-15(14)17-12-7-10-18-9-4-5-13(12)18/h3,6,8,12-13H,2,4-5,7,9-11H2,1H3,(H,16,17). The van der Waals surface area contributed by atoms with Gasteiger partial charge in [-0.05, 0) is 44.4 Å². The molecule has 19 heavy (non-hydrogen) atoms. The van der Waals surface area contributed by atoms with Crippen LogP contribution >= 0.6 is 0 Å². The Morgan fingerprint density at radius 1 is 1.42 bits per heavy atom. The average Bonchev–Trinajstić information content (AvgIpc) is 3.03. The molecule has 1 aromatic heterocycles. The van der Waals surface area contributed by atoms with Crippen LogP contribution < -0.4 is 10.1 Å². The van der Waals surface area contributed by atoms with Crippen LogP contribution in [-0.4, -0.2) is 41.7 Å². The molecule has 0 aromatic carbocycles. The maximum Gasteiger partial charge on any atom is 0.169 e. The Bertz CT molecular complexity index is 424. The number of fused-ring (bicyclic) bond motifs is 1. The molecule has 2 aliphatic rings. The number of ether oxygens (including phenoxy) is 1. The van der Waals surface area contributed by atoms with E-state index in [4.69, 9.17) is 4.74 Å². The number of nitrogens with one attached hydrogen (secondary N) is 1. The fourth-order valence-electron chi connectivity index (χ4n) is 3.25.